The van der Waals surface area contributed by atoms with Crippen molar-refractivity contribution in [3.63, 3.8) is 0 Å². The highest BCUT2D eigenvalue weighted by Crippen LogP contribution is 2.28. The SMILES string of the molecule is O=C1CC(=O)C(C(=O)O)C(C#CCc2ccccc2)=C1CN1CCc2scnc2C1. The Morgan fingerprint density at radius 3 is 2.83 bits per heavy atom. The molecular weight excluding hydrogens is 400 g/mol. The molecular formula is C23H20N2O4S. The number of thiazole rings is 1. The average Bonchev–Trinajstić information content (AvgIpc) is 3.19. The Kier molecular flexibility index (Phi) is 5.88. The van der Waals surface area contributed by atoms with Crippen LogP contribution in [-0.2, 0) is 33.8 Å². The molecule has 4 rings (SSSR count). The zero-order chi connectivity index (χ0) is 21.1. The summed E-state index contributed by atoms with van der Waals surface area (Å²) in [5, 5.41) is 9.65. The maximum absolute atomic E-state index is 12.7. The quantitative estimate of drug-likeness (QED) is 0.603. The highest BCUT2D eigenvalue weighted by Gasteiger charge is 2.39. The molecule has 1 aromatic carbocycles. The maximum atomic E-state index is 12.7. The minimum atomic E-state index is -1.37. The Hall–Kier alpha value is -3.08. The summed E-state index contributed by atoms with van der Waals surface area (Å²) in [7, 11) is 0. The average molecular weight is 420 g/mol. The molecule has 1 aliphatic heterocycles. The predicted molar refractivity (Wildman–Crippen MR) is 112 cm³/mol. The maximum Gasteiger partial charge on any atom is 0.319 e. The highest BCUT2D eigenvalue weighted by molar-refractivity contribution is 7.09. The molecule has 2 heterocycles. The van der Waals surface area contributed by atoms with Gasteiger partial charge in [-0.15, -0.1) is 11.3 Å². The fourth-order valence-electron chi connectivity index (χ4n) is 3.81. The Bertz CT molecular complexity index is 1090. The number of hydrogen-bond acceptors (Lipinski definition) is 6. The first kappa shape index (κ1) is 20.2. The zero-order valence-corrected chi connectivity index (χ0v) is 17.1. The van der Waals surface area contributed by atoms with Gasteiger partial charge in [-0.1, -0.05) is 42.2 Å². The molecule has 0 amide bonds. The monoisotopic (exact) mass is 420 g/mol. The number of Topliss-reactive ketones (excluding diaryl/α,β-unsaturated/α-hetero) is 2. The number of aliphatic carboxylic acids is 1. The van der Waals surface area contributed by atoms with Crippen LogP contribution in [0.15, 0.2) is 47.0 Å². The van der Waals surface area contributed by atoms with Gasteiger partial charge in [0.15, 0.2) is 11.6 Å². The Morgan fingerprint density at radius 1 is 1.27 bits per heavy atom. The molecule has 7 heteroatoms. The molecule has 0 saturated heterocycles. The third-order valence-corrected chi connectivity index (χ3v) is 6.28. The van der Waals surface area contributed by atoms with Gasteiger partial charge in [0, 0.05) is 42.1 Å². The van der Waals surface area contributed by atoms with Gasteiger partial charge in [0.25, 0.3) is 0 Å². The van der Waals surface area contributed by atoms with Crippen molar-refractivity contribution in [2.24, 2.45) is 5.92 Å². The largest absolute Gasteiger partial charge is 0.480 e. The molecule has 1 aromatic heterocycles. The molecule has 1 N–H and O–H groups in total. The van der Waals surface area contributed by atoms with Gasteiger partial charge in [-0.05, 0) is 12.0 Å². The van der Waals surface area contributed by atoms with Crippen molar-refractivity contribution in [2.45, 2.75) is 25.8 Å². The molecule has 6 nitrogen and oxygen atoms in total. The van der Waals surface area contributed by atoms with Gasteiger partial charge in [0.05, 0.1) is 17.6 Å². The third kappa shape index (κ3) is 4.25. The summed E-state index contributed by atoms with van der Waals surface area (Å²) >= 11 is 1.63. The first-order valence-corrected chi connectivity index (χ1v) is 10.6. The van der Waals surface area contributed by atoms with Gasteiger partial charge in [-0.25, -0.2) is 4.98 Å². The molecule has 0 bridgehead atoms. The molecule has 0 saturated carbocycles. The molecule has 0 fully saturated rings. The topological polar surface area (TPSA) is 87.6 Å². The summed E-state index contributed by atoms with van der Waals surface area (Å²) in [6.45, 7) is 1.64. The number of carboxylic acids is 1. The lowest BCUT2D eigenvalue weighted by Gasteiger charge is -2.29. The molecule has 30 heavy (non-hydrogen) atoms. The molecule has 2 aromatic rings. The van der Waals surface area contributed by atoms with Crippen LogP contribution in [-0.4, -0.2) is 45.6 Å². The van der Waals surface area contributed by atoms with E-state index < -0.39 is 17.7 Å². The Morgan fingerprint density at radius 2 is 2.07 bits per heavy atom. The van der Waals surface area contributed by atoms with Gasteiger partial charge in [-0.2, -0.15) is 0 Å². The van der Waals surface area contributed by atoms with Gasteiger partial charge >= 0.3 is 5.97 Å². The van der Waals surface area contributed by atoms with Crippen LogP contribution in [0, 0.1) is 17.8 Å². The van der Waals surface area contributed by atoms with Crippen molar-refractivity contribution in [3.8, 4) is 11.8 Å². The first-order valence-electron chi connectivity index (χ1n) is 9.71. The van der Waals surface area contributed by atoms with Crippen LogP contribution in [0.25, 0.3) is 0 Å². The van der Waals surface area contributed by atoms with E-state index in [2.05, 4.69) is 21.7 Å². The van der Waals surface area contributed by atoms with E-state index in [1.165, 1.54) is 4.88 Å². The number of carbonyl (C=O) groups excluding carboxylic acids is 2. The van der Waals surface area contributed by atoms with Crippen LogP contribution < -0.4 is 0 Å². The number of nitrogens with zero attached hydrogens (tertiary/aromatic N) is 2. The van der Waals surface area contributed by atoms with E-state index >= 15 is 0 Å². The summed E-state index contributed by atoms with van der Waals surface area (Å²) in [6.07, 6.45) is 0.877. The lowest BCUT2D eigenvalue weighted by molar-refractivity contribution is -0.145. The summed E-state index contributed by atoms with van der Waals surface area (Å²) in [5.41, 5.74) is 4.29. The van der Waals surface area contributed by atoms with E-state index in [0.717, 1.165) is 24.2 Å². The zero-order valence-electron chi connectivity index (χ0n) is 16.3. The Labute approximate surface area is 178 Å². The van der Waals surface area contributed by atoms with E-state index in [1.54, 1.807) is 11.3 Å². The van der Waals surface area contributed by atoms with Gasteiger partial charge in [0.1, 0.15) is 5.92 Å². The fraction of sp³-hybridized carbons (Fsp3) is 0.304. The number of rotatable bonds is 4. The normalized spacial score (nSPS) is 19.3. The second-order valence-corrected chi connectivity index (χ2v) is 8.32. The van der Waals surface area contributed by atoms with Crippen molar-refractivity contribution >= 4 is 28.9 Å². The first-order chi connectivity index (χ1) is 14.5. The fourth-order valence-corrected chi connectivity index (χ4v) is 4.58. The molecule has 0 radical (unpaired) electrons. The molecule has 0 spiro atoms. The molecule has 1 unspecified atom stereocenters. The molecule has 1 aliphatic carbocycles. The number of carbonyl (C=O) groups is 3. The number of ketones is 2. The second kappa shape index (κ2) is 8.74. The molecule has 152 valence electrons. The van der Waals surface area contributed by atoms with Crippen molar-refractivity contribution in [1.82, 2.24) is 9.88 Å². The van der Waals surface area contributed by atoms with Crippen molar-refractivity contribution < 1.29 is 19.5 Å². The van der Waals surface area contributed by atoms with Gasteiger partial charge < -0.3 is 5.11 Å². The number of benzene rings is 1. The Balaban J connectivity index is 1.65. The summed E-state index contributed by atoms with van der Waals surface area (Å²) in [4.78, 5) is 44.6. The van der Waals surface area contributed by atoms with Crippen molar-refractivity contribution in [2.75, 3.05) is 13.1 Å². The van der Waals surface area contributed by atoms with Crippen LogP contribution in [0.2, 0.25) is 0 Å². The third-order valence-electron chi connectivity index (χ3n) is 5.35. The van der Waals surface area contributed by atoms with E-state index in [0.29, 0.717) is 18.5 Å². The summed E-state index contributed by atoms with van der Waals surface area (Å²) in [5.74, 6) is 2.30. The minimum Gasteiger partial charge on any atom is -0.480 e. The minimum absolute atomic E-state index is 0.142. The van der Waals surface area contributed by atoms with E-state index in [9.17, 15) is 19.5 Å². The lowest BCUT2D eigenvalue weighted by atomic mass is 9.80. The van der Waals surface area contributed by atoms with E-state index in [-0.39, 0.29) is 24.3 Å². The summed E-state index contributed by atoms with van der Waals surface area (Å²) < 4.78 is 0. The van der Waals surface area contributed by atoms with Gasteiger partial charge in [-0.3, -0.25) is 19.3 Å². The number of hydrogen-bond donors (Lipinski definition) is 1. The standard InChI is InChI=1S/C23H20N2O4S/c26-19-11-20(27)22(23(28)29)16(8-4-7-15-5-2-1-3-6-15)17(19)12-25-10-9-21-18(13-25)24-14-30-21/h1-3,5-6,14,22H,7,9-13H2,(H,28,29). The van der Waals surface area contributed by atoms with Crippen LogP contribution in [0.3, 0.4) is 0 Å². The summed E-state index contributed by atoms with van der Waals surface area (Å²) in [6, 6.07) is 9.56. The smallest absolute Gasteiger partial charge is 0.319 e. The highest BCUT2D eigenvalue weighted by atomic mass is 32.1. The predicted octanol–water partition coefficient (Wildman–Crippen LogP) is 2.29. The van der Waals surface area contributed by atoms with Crippen LogP contribution in [0.5, 0.6) is 0 Å². The van der Waals surface area contributed by atoms with Crippen LogP contribution >= 0.6 is 11.3 Å². The van der Waals surface area contributed by atoms with E-state index in [4.69, 9.17) is 0 Å². The van der Waals surface area contributed by atoms with E-state index in [1.807, 2.05) is 35.8 Å². The number of carboxylic acid groups (broad SMARTS) is 1. The van der Waals surface area contributed by atoms with Crippen LogP contribution in [0.4, 0.5) is 0 Å². The molecule has 1 atom stereocenters. The van der Waals surface area contributed by atoms with Crippen molar-refractivity contribution in [1.29, 1.82) is 0 Å². The lowest BCUT2D eigenvalue weighted by Crippen LogP contribution is -2.39. The number of fused-ring (bicyclic) bond motifs is 1. The molecule has 2 aliphatic rings. The van der Waals surface area contributed by atoms with Crippen molar-refractivity contribution in [3.05, 3.63) is 63.1 Å². The van der Waals surface area contributed by atoms with Crippen LogP contribution in [0.1, 0.15) is 22.6 Å². The number of aromatic nitrogens is 1. The second-order valence-electron chi connectivity index (χ2n) is 7.38. The van der Waals surface area contributed by atoms with Gasteiger partial charge in [0.2, 0.25) is 0 Å².